The van der Waals surface area contributed by atoms with Gasteiger partial charge in [0.15, 0.2) is 46.5 Å². The molecule has 0 spiro atoms. The average molecular weight is 1010 g/mol. The second-order valence-electron chi connectivity index (χ2n) is 18.4. The molecule has 5 nitrogen and oxygen atoms in total. The fourth-order valence-corrected chi connectivity index (χ4v) is 9.53. The van der Waals surface area contributed by atoms with Crippen molar-refractivity contribution in [2.45, 2.75) is 70.8 Å². The van der Waals surface area contributed by atoms with Crippen LogP contribution in [0.15, 0.2) is 146 Å². The van der Waals surface area contributed by atoms with Crippen molar-refractivity contribution in [1.29, 1.82) is 0 Å². The van der Waals surface area contributed by atoms with Crippen LogP contribution in [0.4, 0.5) is 35.1 Å². The van der Waals surface area contributed by atoms with Gasteiger partial charge in [-0.05, 0) is 138 Å². The largest absolute Gasteiger partial charge is 0.488 e. The molecule has 0 bridgehead atoms. The van der Waals surface area contributed by atoms with E-state index in [1.165, 1.54) is 43.3 Å². The molecular formula is C61H46F8O5. The Balaban J connectivity index is 0.942. The lowest BCUT2D eigenvalue weighted by Crippen LogP contribution is -2.31. The summed E-state index contributed by atoms with van der Waals surface area (Å²) in [7, 11) is 0. The number of carbonyl (C=O) groups is 2. The third kappa shape index (κ3) is 8.67. The van der Waals surface area contributed by atoms with Crippen molar-refractivity contribution < 1.29 is 58.9 Å². The van der Waals surface area contributed by atoms with Crippen molar-refractivity contribution in [2.24, 2.45) is 0 Å². The molecule has 1 atom stereocenters. The smallest absolute Gasteiger partial charge is 0.205 e. The molecule has 0 aromatic heterocycles. The van der Waals surface area contributed by atoms with E-state index in [4.69, 9.17) is 14.2 Å². The first-order valence-corrected chi connectivity index (χ1v) is 23.9. The number of ether oxygens (including phenoxy) is 3. The highest BCUT2D eigenvalue weighted by molar-refractivity contribution is 6.10. The van der Waals surface area contributed by atoms with Gasteiger partial charge in [-0.25, -0.2) is 26.3 Å². The summed E-state index contributed by atoms with van der Waals surface area (Å²) in [6.07, 6.45) is 1.81. The van der Waals surface area contributed by atoms with Crippen molar-refractivity contribution in [3.63, 3.8) is 0 Å². The van der Waals surface area contributed by atoms with Crippen molar-refractivity contribution in [3.05, 3.63) is 242 Å². The summed E-state index contributed by atoms with van der Waals surface area (Å²) in [4.78, 5) is 26.5. The van der Waals surface area contributed by atoms with Gasteiger partial charge in [0.05, 0.1) is 5.41 Å². The summed E-state index contributed by atoms with van der Waals surface area (Å²) < 4.78 is 140. The second kappa shape index (κ2) is 20.1. The molecule has 0 fully saturated rings. The number of ketones is 2. The van der Waals surface area contributed by atoms with Crippen LogP contribution < -0.4 is 14.2 Å². The Morgan fingerprint density at radius 1 is 0.473 bits per heavy atom. The molecule has 0 amide bonds. The van der Waals surface area contributed by atoms with Crippen LogP contribution in [0, 0.1) is 46.5 Å². The number of benzene rings is 8. The van der Waals surface area contributed by atoms with Crippen LogP contribution in [0.3, 0.4) is 0 Å². The molecule has 0 aliphatic heterocycles. The maximum atomic E-state index is 15.8. The van der Waals surface area contributed by atoms with E-state index in [0.29, 0.717) is 5.75 Å². The molecule has 376 valence electrons. The molecule has 0 heterocycles. The van der Waals surface area contributed by atoms with Crippen LogP contribution in [0.25, 0.3) is 11.1 Å². The lowest BCUT2D eigenvalue weighted by molar-refractivity contribution is 0.0802. The monoisotopic (exact) mass is 1010 g/mol. The Morgan fingerprint density at radius 2 is 0.838 bits per heavy atom. The van der Waals surface area contributed by atoms with Gasteiger partial charge in [0.1, 0.15) is 39.7 Å². The Labute approximate surface area is 422 Å². The number of halogens is 8. The molecular weight excluding hydrogens is 965 g/mol. The van der Waals surface area contributed by atoms with E-state index >= 15 is 17.6 Å². The van der Waals surface area contributed by atoms with E-state index in [9.17, 15) is 27.2 Å². The highest BCUT2D eigenvalue weighted by atomic mass is 19.2. The lowest BCUT2D eigenvalue weighted by atomic mass is 9.68. The van der Waals surface area contributed by atoms with E-state index < -0.39 is 91.9 Å². The minimum absolute atomic E-state index is 0.0392. The summed E-state index contributed by atoms with van der Waals surface area (Å²) in [6.45, 7) is 9.18. The summed E-state index contributed by atoms with van der Waals surface area (Å²) in [5.74, 6) is -19.2. The third-order valence-electron chi connectivity index (χ3n) is 14.2. The molecule has 0 saturated heterocycles. The number of hydrogen-bond acceptors (Lipinski definition) is 5. The van der Waals surface area contributed by atoms with Gasteiger partial charge < -0.3 is 14.2 Å². The van der Waals surface area contributed by atoms with E-state index in [2.05, 4.69) is 20.8 Å². The molecule has 0 N–H and O–H groups in total. The standard InChI is InChI=1S/C61H46F8O5/c1-6-33(4)46-49(62)51(64)47(52(65)50(46)63)57(70)34-17-25-38(26-18-34)72-39-27-19-35(20-28-39)58(71)48-53(66)55(68)59(56(69)54(48)67)73-40-29-21-36(22-30-40)61(37-23-31-41(32-24-37)74-60(5,7-2)8-3)44-15-11-9-13-42(44)43-14-10-12-16-45(43)61/h9-33H,6-8H2,1-5H3. The first-order valence-electron chi connectivity index (χ1n) is 23.9. The first-order chi connectivity index (χ1) is 35.5. The Morgan fingerprint density at radius 3 is 1.24 bits per heavy atom. The molecule has 74 heavy (non-hydrogen) atoms. The van der Waals surface area contributed by atoms with Gasteiger partial charge >= 0.3 is 0 Å². The van der Waals surface area contributed by atoms with Crippen LogP contribution in [0.1, 0.15) is 119 Å². The molecule has 0 radical (unpaired) electrons. The minimum atomic E-state index is -1.99. The van der Waals surface area contributed by atoms with Crippen LogP contribution >= 0.6 is 0 Å². The quantitative estimate of drug-likeness (QED) is 0.0548. The van der Waals surface area contributed by atoms with Gasteiger partial charge in [-0.2, -0.15) is 8.78 Å². The number of fused-ring (bicyclic) bond motifs is 3. The van der Waals surface area contributed by atoms with Crippen LogP contribution in [-0.4, -0.2) is 17.2 Å². The fraction of sp³-hybridized carbons (Fsp3) is 0.180. The van der Waals surface area contributed by atoms with Gasteiger partial charge in [0, 0.05) is 16.7 Å². The van der Waals surface area contributed by atoms with Gasteiger partial charge in [0.2, 0.25) is 17.4 Å². The second-order valence-corrected chi connectivity index (χ2v) is 18.4. The highest BCUT2D eigenvalue weighted by Crippen LogP contribution is 2.56. The zero-order valence-electron chi connectivity index (χ0n) is 40.6. The molecule has 8 aromatic rings. The zero-order chi connectivity index (χ0) is 52.8. The molecule has 1 unspecified atom stereocenters. The summed E-state index contributed by atoms with van der Waals surface area (Å²) in [6, 6.07) is 39.4. The van der Waals surface area contributed by atoms with Gasteiger partial charge in [-0.15, -0.1) is 0 Å². The molecule has 1 aliphatic carbocycles. The molecule has 0 saturated carbocycles. The number of carbonyl (C=O) groups excluding carboxylic acids is 2. The Kier molecular flexibility index (Phi) is 13.8. The van der Waals surface area contributed by atoms with Crippen molar-refractivity contribution in [2.75, 3.05) is 0 Å². The van der Waals surface area contributed by atoms with E-state index in [1.807, 2.05) is 72.8 Å². The Hall–Kier alpha value is -8.06. The Bertz CT molecular complexity index is 3360. The van der Waals surface area contributed by atoms with E-state index in [1.54, 1.807) is 19.1 Å². The summed E-state index contributed by atoms with van der Waals surface area (Å²) in [5.41, 5.74) is 0.0224. The number of rotatable bonds is 16. The van der Waals surface area contributed by atoms with E-state index in [-0.39, 0.29) is 40.4 Å². The SMILES string of the molecule is CCC(C)c1c(F)c(F)c(C(=O)c2ccc(Oc3ccc(C(=O)c4c(F)c(F)c(Oc5ccc(C6(c7ccc(OC(C)(CC)CC)cc7)c7ccccc7-c7ccccc76)cc5)c(F)c4F)cc3)cc2)c(F)c1F. The molecule has 8 aromatic carbocycles. The predicted octanol–water partition coefficient (Wildman–Crippen LogP) is 16.7. The van der Waals surface area contributed by atoms with Gasteiger partial charge in [-0.1, -0.05) is 100 Å². The van der Waals surface area contributed by atoms with Crippen molar-refractivity contribution >= 4 is 11.6 Å². The first kappa shape index (κ1) is 50.9. The molecule has 13 heteroatoms. The topological polar surface area (TPSA) is 61.8 Å². The summed E-state index contributed by atoms with van der Waals surface area (Å²) in [5, 5.41) is 0. The maximum absolute atomic E-state index is 15.8. The minimum Gasteiger partial charge on any atom is -0.488 e. The van der Waals surface area contributed by atoms with Crippen molar-refractivity contribution in [3.8, 4) is 39.9 Å². The van der Waals surface area contributed by atoms with Gasteiger partial charge in [-0.3, -0.25) is 9.59 Å². The molecule has 9 rings (SSSR count). The normalized spacial score (nSPS) is 13.0. The molecule has 1 aliphatic rings. The maximum Gasteiger partial charge on any atom is 0.205 e. The van der Waals surface area contributed by atoms with E-state index in [0.717, 1.165) is 70.5 Å². The number of hydrogen-bond donors (Lipinski definition) is 0. The zero-order valence-corrected chi connectivity index (χ0v) is 40.6. The average Bonchev–Trinajstić information content (AvgIpc) is 3.72. The third-order valence-corrected chi connectivity index (χ3v) is 14.2. The lowest BCUT2D eigenvalue weighted by Gasteiger charge is -2.34. The predicted molar refractivity (Wildman–Crippen MR) is 265 cm³/mol. The van der Waals surface area contributed by atoms with Crippen LogP contribution in [-0.2, 0) is 5.41 Å². The van der Waals surface area contributed by atoms with Crippen LogP contribution in [0.2, 0.25) is 0 Å². The van der Waals surface area contributed by atoms with Crippen LogP contribution in [0.5, 0.6) is 28.7 Å². The van der Waals surface area contributed by atoms with Crippen molar-refractivity contribution in [1.82, 2.24) is 0 Å². The fourth-order valence-electron chi connectivity index (χ4n) is 9.53. The van der Waals surface area contributed by atoms with Gasteiger partial charge in [0.25, 0.3) is 0 Å². The highest BCUT2D eigenvalue weighted by Gasteiger charge is 2.46. The summed E-state index contributed by atoms with van der Waals surface area (Å²) >= 11 is 0.